The van der Waals surface area contributed by atoms with Gasteiger partial charge >= 0.3 is 6.18 Å². The van der Waals surface area contributed by atoms with Crippen molar-refractivity contribution in [3.8, 4) is 23.3 Å². The number of carbonyl (C=O) groups is 2. The van der Waals surface area contributed by atoms with Crippen molar-refractivity contribution in [2.75, 3.05) is 24.1 Å². The van der Waals surface area contributed by atoms with Crippen molar-refractivity contribution in [3.05, 3.63) is 75.8 Å². The maximum Gasteiger partial charge on any atom is 0.416 e. The molecule has 2 heterocycles. The summed E-state index contributed by atoms with van der Waals surface area (Å²) in [7, 11) is 1.60. The lowest BCUT2D eigenvalue weighted by molar-refractivity contribution is -0.137. The number of nitrogens with one attached hydrogen (secondary N) is 1. The molecule has 0 bridgehead atoms. The number of amides is 2. The largest absolute Gasteiger partial charge is 0.453 e. The molecular formula is C31H25ClF5N5O3. The molecule has 3 N–H and O–H groups in total. The van der Waals surface area contributed by atoms with Crippen LogP contribution in [0.25, 0.3) is 10.9 Å². The quantitative estimate of drug-likeness (QED) is 0.189. The average Bonchev–Trinajstić information content (AvgIpc) is 3.28. The number of alkyl halides is 3. The van der Waals surface area contributed by atoms with Gasteiger partial charge in [0.25, 0.3) is 5.91 Å². The molecule has 1 aliphatic heterocycles. The number of aryl methyl sites for hydroxylation is 1. The summed E-state index contributed by atoms with van der Waals surface area (Å²) < 4.78 is 75.8. The molecule has 0 unspecified atom stereocenters. The summed E-state index contributed by atoms with van der Waals surface area (Å²) in [5.74, 6) is 2.76. The predicted octanol–water partition coefficient (Wildman–Crippen LogP) is 6.76. The maximum atomic E-state index is 14.2. The predicted molar refractivity (Wildman–Crippen MR) is 158 cm³/mol. The Balaban J connectivity index is 1.64. The van der Waals surface area contributed by atoms with Crippen LogP contribution in [0.15, 0.2) is 42.5 Å². The van der Waals surface area contributed by atoms with Gasteiger partial charge in [0.05, 0.1) is 32.7 Å². The van der Waals surface area contributed by atoms with Crippen LogP contribution in [0.2, 0.25) is 5.02 Å². The smallest absolute Gasteiger partial charge is 0.416 e. The monoisotopic (exact) mass is 645 g/mol. The van der Waals surface area contributed by atoms with E-state index in [0.717, 1.165) is 12.1 Å². The van der Waals surface area contributed by atoms with Gasteiger partial charge in [-0.25, -0.2) is 8.78 Å². The number of nitrogens with two attached hydrogens (primary N) is 1. The number of piperidine rings is 1. The normalized spacial score (nSPS) is 13.8. The fraction of sp³-hybridized carbons (Fsp3) is 0.258. The minimum atomic E-state index is -4.91. The first-order valence-corrected chi connectivity index (χ1v) is 14.0. The molecule has 0 spiro atoms. The van der Waals surface area contributed by atoms with Crippen LogP contribution in [0.4, 0.5) is 33.5 Å². The highest BCUT2D eigenvalue weighted by molar-refractivity contribution is 6.32. The maximum absolute atomic E-state index is 14.2. The molecule has 14 heteroatoms. The van der Waals surface area contributed by atoms with E-state index in [1.54, 1.807) is 11.9 Å². The summed E-state index contributed by atoms with van der Waals surface area (Å²) >= 11 is 6.24. The molecule has 1 fully saturated rings. The van der Waals surface area contributed by atoms with Gasteiger partial charge in [-0.1, -0.05) is 23.4 Å². The first-order valence-electron chi connectivity index (χ1n) is 13.6. The molecule has 4 aromatic rings. The van der Waals surface area contributed by atoms with Gasteiger partial charge in [-0.3, -0.25) is 14.3 Å². The topological polar surface area (TPSA) is 102 Å². The number of nitrogen functional groups attached to an aromatic ring is 1. The van der Waals surface area contributed by atoms with Crippen molar-refractivity contribution in [2.24, 2.45) is 13.0 Å². The molecule has 2 amide bonds. The lowest BCUT2D eigenvalue weighted by atomic mass is 9.96. The number of carbonyl (C=O) groups excluding carboxylic acids is 2. The van der Waals surface area contributed by atoms with Crippen LogP contribution in [0.5, 0.6) is 11.5 Å². The molecular weight excluding hydrogens is 621 g/mol. The van der Waals surface area contributed by atoms with Gasteiger partial charge in [-0.15, -0.1) is 0 Å². The number of aromatic nitrogens is 2. The van der Waals surface area contributed by atoms with Crippen LogP contribution in [-0.4, -0.2) is 39.6 Å². The fourth-order valence-corrected chi connectivity index (χ4v) is 5.20. The van der Waals surface area contributed by atoms with Crippen LogP contribution in [0, 0.1) is 29.4 Å². The Bertz CT molecular complexity index is 1890. The van der Waals surface area contributed by atoms with E-state index in [0.29, 0.717) is 49.1 Å². The molecule has 0 aliphatic carbocycles. The number of fused-ring (bicyclic) bond motifs is 1. The minimum Gasteiger partial charge on any atom is -0.453 e. The molecule has 5 rings (SSSR count). The third-order valence-corrected chi connectivity index (χ3v) is 7.59. The lowest BCUT2D eigenvalue weighted by Crippen LogP contribution is -2.36. The molecule has 0 saturated carbocycles. The number of hydrogen-bond donors (Lipinski definition) is 2. The van der Waals surface area contributed by atoms with E-state index >= 15 is 0 Å². The lowest BCUT2D eigenvalue weighted by Gasteiger charge is -2.28. The molecule has 1 aliphatic rings. The highest BCUT2D eigenvalue weighted by Gasteiger charge is 2.32. The molecule has 8 nitrogen and oxygen atoms in total. The van der Waals surface area contributed by atoms with Crippen LogP contribution in [-0.2, 0) is 18.0 Å². The highest BCUT2D eigenvalue weighted by Crippen LogP contribution is 2.43. The Morgan fingerprint density at radius 1 is 1.09 bits per heavy atom. The first kappa shape index (κ1) is 31.6. The number of hydrogen-bond acceptors (Lipinski definition) is 5. The van der Waals surface area contributed by atoms with Gasteiger partial charge in [0.15, 0.2) is 11.6 Å². The Labute approximate surface area is 258 Å². The Kier molecular flexibility index (Phi) is 8.62. The Morgan fingerprint density at radius 3 is 2.47 bits per heavy atom. The number of benzene rings is 3. The summed E-state index contributed by atoms with van der Waals surface area (Å²) in [4.78, 5) is 26.7. The van der Waals surface area contributed by atoms with Gasteiger partial charge < -0.3 is 20.7 Å². The number of likely N-dealkylation sites (tertiary alicyclic amines) is 1. The Morgan fingerprint density at radius 2 is 1.80 bits per heavy atom. The molecule has 1 aromatic heterocycles. The second kappa shape index (κ2) is 12.3. The summed E-state index contributed by atoms with van der Waals surface area (Å²) in [5, 5.41) is 6.89. The number of nitrogens with zero attached hydrogens (tertiary/aromatic N) is 3. The van der Waals surface area contributed by atoms with Crippen molar-refractivity contribution in [3.63, 3.8) is 0 Å². The zero-order chi connectivity index (χ0) is 32.6. The van der Waals surface area contributed by atoms with E-state index in [-0.39, 0.29) is 51.3 Å². The molecule has 1 saturated heterocycles. The number of rotatable bonds is 4. The van der Waals surface area contributed by atoms with E-state index in [1.165, 1.54) is 23.7 Å². The van der Waals surface area contributed by atoms with E-state index in [1.807, 2.05) is 0 Å². The SMILES string of the molecule is CC(=O)N1CCC(C#Cc2cc(NC(=O)c3cc(F)cc(C(F)(F)F)c3)c(Oc3cc(F)ccc3Cl)c3c(N)nn(C)c23)CC1. The van der Waals surface area contributed by atoms with E-state index in [4.69, 9.17) is 22.1 Å². The van der Waals surface area contributed by atoms with Crippen molar-refractivity contribution >= 4 is 45.8 Å². The highest BCUT2D eigenvalue weighted by atomic mass is 35.5. The number of halogens is 6. The molecule has 3 aromatic carbocycles. The number of anilines is 2. The second-order valence-electron chi connectivity index (χ2n) is 10.4. The van der Waals surface area contributed by atoms with Crippen LogP contribution >= 0.6 is 11.6 Å². The summed E-state index contributed by atoms with van der Waals surface area (Å²) in [6.45, 7) is 2.58. The molecule has 234 valence electrons. The summed E-state index contributed by atoms with van der Waals surface area (Å²) in [6.07, 6.45) is -3.65. The third-order valence-electron chi connectivity index (χ3n) is 7.28. The summed E-state index contributed by atoms with van der Waals surface area (Å²) in [6, 6.07) is 6.19. The minimum absolute atomic E-state index is 0.00464. The summed E-state index contributed by atoms with van der Waals surface area (Å²) in [5.41, 5.74) is 4.86. The van der Waals surface area contributed by atoms with Gasteiger partial charge in [0.2, 0.25) is 5.91 Å². The molecule has 45 heavy (non-hydrogen) atoms. The molecule has 0 radical (unpaired) electrons. The van der Waals surface area contributed by atoms with Crippen LogP contribution < -0.4 is 15.8 Å². The second-order valence-corrected chi connectivity index (χ2v) is 10.8. The zero-order valence-corrected chi connectivity index (χ0v) is 24.6. The first-order chi connectivity index (χ1) is 21.2. The standard InChI is InChI=1S/C31H25ClF5N5O3/c1-16(43)42-9-7-17(8-10-42)3-4-18-13-24(39-30(44)19-11-20(31(35,36)37)14-22(34)12-19)28(26-27(18)41(2)40-29(26)38)45-25-15-21(33)5-6-23(25)32/h5-6,11-15,17H,7-10H2,1-2H3,(H2,38,40)(H,39,44). The Hall–Kier alpha value is -4.83. The average molecular weight is 646 g/mol. The number of ether oxygens (including phenoxy) is 1. The van der Waals surface area contributed by atoms with Gasteiger partial charge in [0, 0.05) is 44.6 Å². The molecule has 0 atom stereocenters. The van der Waals surface area contributed by atoms with Crippen molar-refractivity contribution in [2.45, 2.75) is 25.9 Å². The van der Waals surface area contributed by atoms with Gasteiger partial charge in [-0.05, 0) is 49.2 Å². The zero-order valence-electron chi connectivity index (χ0n) is 23.9. The van der Waals surface area contributed by atoms with E-state index in [9.17, 15) is 31.5 Å². The van der Waals surface area contributed by atoms with Gasteiger partial charge in [-0.2, -0.15) is 18.3 Å². The van der Waals surface area contributed by atoms with Crippen LogP contribution in [0.1, 0.15) is 41.3 Å². The van der Waals surface area contributed by atoms with Crippen LogP contribution in [0.3, 0.4) is 0 Å². The van der Waals surface area contributed by atoms with Crippen molar-refractivity contribution in [1.82, 2.24) is 14.7 Å². The van der Waals surface area contributed by atoms with Gasteiger partial charge in [0.1, 0.15) is 17.4 Å². The fourth-order valence-electron chi connectivity index (χ4n) is 5.05. The third kappa shape index (κ3) is 6.81. The van der Waals surface area contributed by atoms with Crippen molar-refractivity contribution < 1.29 is 36.3 Å². The van der Waals surface area contributed by atoms with Crippen molar-refractivity contribution in [1.29, 1.82) is 0 Å². The van der Waals surface area contributed by atoms with E-state index < -0.39 is 34.8 Å². The van der Waals surface area contributed by atoms with E-state index in [2.05, 4.69) is 22.3 Å².